The molecule has 0 spiro atoms. The van der Waals surface area contributed by atoms with Crippen molar-refractivity contribution in [3.8, 4) is 17.1 Å². The summed E-state index contributed by atoms with van der Waals surface area (Å²) in [6.45, 7) is 10.6. The lowest BCUT2D eigenvalue weighted by Crippen LogP contribution is -2.41. The van der Waals surface area contributed by atoms with Gasteiger partial charge in [0, 0.05) is 37.3 Å². The summed E-state index contributed by atoms with van der Waals surface area (Å²) in [6.07, 6.45) is 2.84. The number of nitrogens with zero attached hydrogens (tertiary/aromatic N) is 6. The molecule has 6 rings (SSSR count). The molecule has 2 unspecified atom stereocenters. The first-order valence-corrected chi connectivity index (χ1v) is 12.2. The molecule has 2 aliphatic heterocycles. The first-order chi connectivity index (χ1) is 17.4. The predicted octanol–water partition coefficient (Wildman–Crippen LogP) is 4.18. The van der Waals surface area contributed by atoms with E-state index in [-0.39, 0.29) is 16.5 Å². The van der Waals surface area contributed by atoms with Crippen molar-refractivity contribution in [3.05, 3.63) is 75.2 Å². The van der Waals surface area contributed by atoms with E-state index in [4.69, 9.17) is 23.2 Å². The molecule has 1 N–H and O–H groups in total. The minimum absolute atomic E-state index is 0.0349. The van der Waals surface area contributed by atoms with Gasteiger partial charge in [-0.2, -0.15) is 5.10 Å². The Labute approximate surface area is 211 Å². The van der Waals surface area contributed by atoms with E-state index < -0.39 is 11.4 Å². The molecule has 10 heteroatoms. The van der Waals surface area contributed by atoms with E-state index in [1.807, 2.05) is 25.4 Å². The van der Waals surface area contributed by atoms with Gasteiger partial charge in [-0.25, -0.2) is 14.2 Å². The second kappa shape index (κ2) is 8.73. The highest BCUT2D eigenvalue weighted by atomic mass is 35.5. The fourth-order valence-electron chi connectivity index (χ4n) is 5.37. The van der Waals surface area contributed by atoms with Crippen molar-refractivity contribution >= 4 is 34.0 Å². The molecule has 2 atom stereocenters. The third kappa shape index (κ3) is 3.74. The van der Waals surface area contributed by atoms with Gasteiger partial charge < -0.3 is 10.2 Å². The number of piperidine rings is 1. The number of hydrogen-bond acceptors (Lipinski definition) is 5. The fourth-order valence-corrected chi connectivity index (χ4v) is 5.62. The van der Waals surface area contributed by atoms with Crippen LogP contribution in [0.4, 0.5) is 15.9 Å². The molecular formula is C26H23ClFN7O. The molecule has 0 radical (unpaired) electrons. The number of anilines is 1. The number of nitrogens with one attached hydrogen (secondary N) is 1. The highest BCUT2D eigenvalue weighted by Crippen LogP contribution is 2.34. The smallest absolute Gasteiger partial charge is 0.279 e. The number of aryl methyl sites for hydroxylation is 1. The monoisotopic (exact) mass is 503 g/mol. The normalized spacial score (nSPS) is 19.4. The van der Waals surface area contributed by atoms with Crippen molar-refractivity contribution in [2.24, 2.45) is 18.9 Å². The molecule has 2 aliphatic rings. The molecule has 4 aromatic rings. The average Bonchev–Trinajstić information content (AvgIpc) is 3.49. The van der Waals surface area contributed by atoms with Crippen molar-refractivity contribution in [1.82, 2.24) is 24.6 Å². The minimum Gasteiger partial charge on any atom is -0.355 e. The van der Waals surface area contributed by atoms with E-state index in [2.05, 4.69) is 20.2 Å². The zero-order valence-electron chi connectivity index (χ0n) is 19.6. The molecule has 0 aliphatic carbocycles. The lowest BCUT2D eigenvalue weighted by atomic mass is 9.89. The molecule has 0 bridgehead atoms. The Morgan fingerprint density at radius 3 is 2.83 bits per heavy atom. The molecule has 2 saturated heterocycles. The van der Waals surface area contributed by atoms with Crippen LogP contribution in [0.1, 0.15) is 6.42 Å². The van der Waals surface area contributed by atoms with Gasteiger partial charge in [0.05, 0.1) is 17.8 Å². The van der Waals surface area contributed by atoms with Gasteiger partial charge in [-0.1, -0.05) is 23.7 Å². The Hall–Kier alpha value is -3.74. The van der Waals surface area contributed by atoms with Gasteiger partial charge >= 0.3 is 0 Å². The van der Waals surface area contributed by atoms with Crippen LogP contribution in [-0.2, 0) is 7.05 Å². The van der Waals surface area contributed by atoms with Crippen LogP contribution in [0.25, 0.3) is 32.8 Å². The molecule has 2 fully saturated rings. The van der Waals surface area contributed by atoms with Gasteiger partial charge in [0.15, 0.2) is 5.82 Å². The zero-order valence-corrected chi connectivity index (χ0v) is 20.3. The van der Waals surface area contributed by atoms with Crippen LogP contribution < -0.4 is 15.8 Å². The fraction of sp³-hybridized carbons (Fsp3) is 0.308. The minimum atomic E-state index is -0.666. The number of fused-ring (bicyclic) bond motifs is 2. The van der Waals surface area contributed by atoms with Gasteiger partial charge in [-0.3, -0.25) is 14.0 Å². The van der Waals surface area contributed by atoms with Crippen molar-refractivity contribution in [2.75, 3.05) is 31.1 Å². The largest absolute Gasteiger partial charge is 0.355 e. The highest BCUT2D eigenvalue weighted by molar-refractivity contribution is 6.32. The summed E-state index contributed by atoms with van der Waals surface area (Å²) in [7, 11) is 1.83. The predicted molar refractivity (Wildman–Crippen MR) is 137 cm³/mol. The van der Waals surface area contributed by atoms with E-state index in [0.29, 0.717) is 28.9 Å². The Kier molecular flexibility index (Phi) is 5.51. The molecule has 2 aromatic heterocycles. The number of rotatable bonds is 3. The maximum Gasteiger partial charge on any atom is 0.279 e. The third-order valence-corrected chi connectivity index (χ3v) is 7.53. The summed E-state index contributed by atoms with van der Waals surface area (Å²) in [6, 6.07) is 9.70. The van der Waals surface area contributed by atoms with Crippen LogP contribution in [0.5, 0.6) is 0 Å². The van der Waals surface area contributed by atoms with Gasteiger partial charge in [-0.15, -0.1) is 0 Å². The first-order valence-electron chi connectivity index (χ1n) is 11.8. The van der Waals surface area contributed by atoms with Crippen LogP contribution in [-0.4, -0.2) is 45.5 Å². The Morgan fingerprint density at radius 1 is 1.19 bits per heavy atom. The quantitative estimate of drug-likeness (QED) is 0.425. The third-order valence-electron chi connectivity index (χ3n) is 7.20. The van der Waals surface area contributed by atoms with E-state index in [0.717, 1.165) is 43.5 Å². The van der Waals surface area contributed by atoms with Crippen LogP contribution in [0.15, 0.2) is 47.4 Å². The number of hydrogen-bond donors (Lipinski definition) is 1. The van der Waals surface area contributed by atoms with Gasteiger partial charge in [-0.05, 0) is 55.6 Å². The Morgan fingerprint density at radius 2 is 2.03 bits per heavy atom. The molecule has 0 saturated carbocycles. The van der Waals surface area contributed by atoms with Gasteiger partial charge in [0.25, 0.3) is 5.56 Å². The number of benzene rings is 2. The highest BCUT2D eigenvalue weighted by Gasteiger charge is 2.34. The lowest BCUT2D eigenvalue weighted by molar-refractivity contribution is 0.347. The molecule has 8 nitrogen and oxygen atoms in total. The van der Waals surface area contributed by atoms with Crippen LogP contribution in [0.2, 0.25) is 5.02 Å². The average molecular weight is 504 g/mol. The summed E-state index contributed by atoms with van der Waals surface area (Å²) in [4.78, 5) is 23.9. The van der Waals surface area contributed by atoms with E-state index in [9.17, 15) is 9.18 Å². The Balaban J connectivity index is 1.55. The molecule has 0 amide bonds. The maximum atomic E-state index is 14.7. The second-order valence-corrected chi connectivity index (χ2v) is 9.83. The number of aromatic nitrogens is 4. The zero-order chi connectivity index (χ0) is 25.0. The van der Waals surface area contributed by atoms with Crippen LogP contribution in [0, 0.1) is 24.2 Å². The molecule has 182 valence electrons. The maximum absolute atomic E-state index is 14.7. The van der Waals surface area contributed by atoms with Crippen molar-refractivity contribution in [3.63, 3.8) is 0 Å². The molecule has 4 heterocycles. The van der Waals surface area contributed by atoms with Crippen LogP contribution in [0.3, 0.4) is 0 Å². The van der Waals surface area contributed by atoms with Crippen molar-refractivity contribution in [1.29, 1.82) is 0 Å². The summed E-state index contributed by atoms with van der Waals surface area (Å²) in [5.74, 6) is 1.09. The van der Waals surface area contributed by atoms with Crippen molar-refractivity contribution < 1.29 is 4.39 Å². The summed E-state index contributed by atoms with van der Waals surface area (Å²) < 4.78 is 17.8. The van der Waals surface area contributed by atoms with Crippen molar-refractivity contribution in [2.45, 2.75) is 6.42 Å². The summed E-state index contributed by atoms with van der Waals surface area (Å²) in [5.41, 5.74) is 1.20. The summed E-state index contributed by atoms with van der Waals surface area (Å²) in [5, 5.41) is 8.72. The Bertz CT molecular complexity index is 1600. The summed E-state index contributed by atoms with van der Waals surface area (Å²) >= 11 is 6.70. The first kappa shape index (κ1) is 22.7. The second-order valence-electron chi connectivity index (χ2n) is 9.45. The number of halogens is 2. The topological polar surface area (TPSA) is 72.3 Å². The van der Waals surface area contributed by atoms with E-state index in [1.54, 1.807) is 16.8 Å². The van der Waals surface area contributed by atoms with Gasteiger partial charge in [0.1, 0.15) is 16.7 Å². The van der Waals surface area contributed by atoms with Crippen LogP contribution >= 0.6 is 11.6 Å². The SMILES string of the molecule is [C-]#[N+]c1ccc(-c2nc(N3CCC4CNCC4C3)c(Cl)c(=O)n2-c2ccc3nn(C)cc3c2)cc1F. The van der Waals surface area contributed by atoms with E-state index >= 15 is 0 Å². The molecular weight excluding hydrogens is 481 g/mol. The standard InChI is InChI=1S/C26H23ClFN7O/c1-29-22-5-3-15(10-20(22)28)24-31-25(34-8-7-16-11-30-12-18(16)14-34)23(27)26(36)35(24)19-4-6-21-17(9-19)13-33(2)32-21/h3-6,9-10,13,16,18,30H,7-8,11-12,14H2,2H3. The molecule has 36 heavy (non-hydrogen) atoms. The van der Waals surface area contributed by atoms with Gasteiger partial charge in [0.2, 0.25) is 5.69 Å². The molecule has 2 aromatic carbocycles. The van der Waals surface area contributed by atoms with E-state index in [1.165, 1.54) is 16.7 Å². The lowest BCUT2D eigenvalue weighted by Gasteiger charge is -2.35.